The Morgan fingerprint density at radius 2 is 2.03 bits per heavy atom. The predicted molar refractivity (Wildman–Crippen MR) is 107 cm³/mol. The molecule has 0 saturated heterocycles. The molecule has 150 valence electrons. The van der Waals surface area contributed by atoms with Gasteiger partial charge in [-0.1, -0.05) is 12.1 Å². The van der Waals surface area contributed by atoms with Crippen molar-refractivity contribution in [3.05, 3.63) is 59.7 Å². The van der Waals surface area contributed by atoms with Crippen LogP contribution in [-0.2, 0) is 6.54 Å². The van der Waals surface area contributed by atoms with Gasteiger partial charge >= 0.3 is 0 Å². The number of hydrazine groups is 1. The second kappa shape index (κ2) is 9.52. The number of benzene rings is 1. The molecule has 2 aromatic heterocycles. The van der Waals surface area contributed by atoms with Gasteiger partial charge in [0.1, 0.15) is 5.69 Å². The number of nitrogens with one attached hydrogen (secondary N) is 2. The Hall–Kier alpha value is -3.64. The van der Waals surface area contributed by atoms with E-state index >= 15 is 0 Å². The van der Waals surface area contributed by atoms with Gasteiger partial charge in [-0.3, -0.25) is 20.3 Å². The third-order valence-electron chi connectivity index (χ3n) is 3.94. The van der Waals surface area contributed by atoms with Crippen LogP contribution < -0.4 is 15.6 Å². The minimum absolute atomic E-state index is 0. The quantitative estimate of drug-likeness (QED) is 0.598. The first kappa shape index (κ1) is 21.7. The highest BCUT2D eigenvalue weighted by Gasteiger charge is 2.16. The lowest BCUT2D eigenvalue weighted by Gasteiger charge is -2.09. The average molecular weight is 417 g/mol. The Morgan fingerprint density at radius 1 is 1.31 bits per heavy atom. The Morgan fingerprint density at radius 3 is 2.62 bits per heavy atom. The number of aryl methyl sites for hydroxylation is 1. The van der Waals surface area contributed by atoms with E-state index in [9.17, 15) is 9.18 Å². The number of nitrogens with zero attached hydrogens (tertiary/aromatic N) is 4. The number of hydrogen-bond acceptors (Lipinski definition) is 6. The van der Waals surface area contributed by atoms with Crippen LogP contribution in [0.5, 0.6) is 5.88 Å². The Labute approximate surface area is 172 Å². The number of hydrogen-bond donors (Lipinski definition) is 2. The van der Waals surface area contributed by atoms with Gasteiger partial charge in [-0.15, -0.1) is 12.4 Å². The summed E-state index contributed by atoms with van der Waals surface area (Å²) in [5.74, 6) is -1.22. The number of carbonyl (C=O) groups excluding carboxylic acids is 1. The number of carbonyl (C=O) groups is 1. The molecule has 0 unspecified atom stereocenters. The number of ether oxygens (including phenoxy) is 1. The summed E-state index contributed by atoms with van der Waals surface area (Å²) in [5.41, 5.74) is 7.64. The maximum absolute atomic E-state index is 13.7. The van der Waals surface area contributed by atoms with Crippen LogP contribution in [0.4, 0.5) is 10.1 Å². The van der Waals surface area contributed by atoms with Gasteiger partial charge in [0.05, 0.1) is 36.3 Å². The molecule has 3 aromatic rings. The third kappa shape index (κ3) is 4.80. The lowest BCUT2D eigenvalue weighted by atomic mass is 10.1. The van der Waals surface area contributed by atoms with Crippen LogP contribution in [-0.4, -0.2) is 27.8 Å². The van der Waals surface area contributed by atoms with Crippen LogP contribution in [0.2, 0.25) is 0 Å². The molecule has 0 radical (unpaired) electrons. The van der Waals surface area contributed by atoms with Gasteiger partial charge in [-0.2, -0.15) is 10.4 Å². The van der Waals surface area contributed by atoms with E-state index in [0.29, 0.717) is 23.5 Å². The van der Waals surface area contributed by atoms with Crippen LogP contribution in [0, 0.1) is 17.1 Å². The lowest BCUT2D eigenvalue weighted by Crippen LogP contribution is -2.31. The highest BCUT2D eigenvalue weighted by atomic mass is 35.5. The van der Waals surface area contributed by atoms with Crippen molar-refractivity contribution in [3.63, 3.8) is 0 Å². The Balaban J connectivity index is 0.00000300. The topological polar surface area (TPSA) is 105 Å². The van der Waals surface area contributed by atoms with Gasteiger partial charge in [-0.25, -0.2) is 9.37 Å². The molecule has 29 heavy (non-hydrogen) atoms. The largest absolute Gasteiger partial charge is 0.479 e. The Bertz CT molecular complexity index is 1050. The maximum Gasteiger partial charge on any atom is 0.287 e. The standard InChI is InChI=1S/C19H17FN6O2.ClH/c1-3-26-17(9-16(25-26)13-6-4-12(10-21)5-7-13)18(27)24-23-14-8-15(20)19(28-2)22-11-14;/h4-9,11,23H,3H2,1-2H3,(H,24,27);1H. The van der Waals surface area contributed by atoms with E-state index in [0.717, 1.165) is 11.6 Å². The summed E-state index contributed by atoms with van der Waals surface area (Å²) in [6, 6.07) is 11.8. The van der Waals surface area contributed by atoms with Crippen molar-refractivity contribution in [1.29, 1.82) is 5.26 Å². The first-order valence-electron chi connectivity index (χ1n) is 8.40. The Kier molecular flexibility index (Phi) is 7.11. The SMILES string of the molecule is CCn1nc(-c2ccc(C#N)cc2)cc1C(=O)NNc1cnc(OC)c(F)c1.Cl. The minimum Gasteiger partial charge on any atom is -0.479 e. The fourth-order valence-corrected chi connectivity index (χ4v) is 2.53. The van der Waals surface area contributed by atoms with Crippen LogP contribution in [0.1, 0.15) is 23.0 Å². The molecule has 0 saturated carbocycles. The highest BCUT2D eigenvalue weighted by Crippen LogP contribution is 2.20. The van der Waals surface area contributed by atoms with E-state index in [-0.39, 0.29) is 24.0 Å². The highest BCUT2D eigenvalue weighted by molar-refractivity contribution is 5.94. The summed E-state index contributed by atoms with van der Waals surface area (Å²) in [6.07, 6.45) is 1.33. The molecular weight excluding hydrogens is 399 g/mol. The van der Waals surface area contributed by atoms with E-state index in [1.54, 1.807) is 35.0 Å². The molecule has 0 aliphatic rings. The molecule has 0 atom stereocenters. The van der Waals surface area contributed by atoms with Gasteiger partial charge in [0.15, 0.2) is 5.82 Å². The molecule has 0 spiro atoms. The van der Waals surface area contributed by atoms with Crippen molar-refractivity contribution < 1.29 is 13.9 Å². The van der Waals surface area contributed by atoms with Gasteiger partial charge < -0.3 is 4.74 Å². The summed E-state index contributed by atoms with van der Waals surface area (Å²) in [5, 5.41) is 13.3. The van der Waals surface area contributed by atoms with Crippen LogP contribution in [0.15, 0.2) is 42.6 Å². The molecule has 0 aliphatic carbocycles. The second-order valence-electron chi connectivity index (χ2n) is 5.71. The third-order valence-corrected chi connectivity index (χ3v) is 3.94. The molecule has 2 heterocycles. The first-order valence-corrected chi connectivity index (χ1v) is 8.40. The van der Waals surface area contributed by atoms with Crippen molar-refractivity contribution in [2.75, 3.05) is 12.5 Å². The van der Waals surface area contributed by atoms with E-state index in [1.165, 1.54) is 13.3 Å². The van der Waals surface area contributed by atoms with Gasteiger partial charge in [0.25, 0.3) is 5.91 Å². The number of rotatable bonds is 6. The molecule has 1 amide bonds. The fraction of sp³-hybridized carbons (Fsp3) is 0.158. The summed E-state index contributed by atoms with van der Waals surface area (Å²) in [7, 11) is 1.32. The molecule has 0 bridgehead atoms. The van der Waals surface area contributed by atoms with Crippen molar-refractivity contribution in [2.45, 2.75) is 13.5 Å². The van der Waals surface area contributed by atoms with E-state index < -0.39 is 11.7 Å². The summed E-state index contributed by atoms with van der Waals surface area (Å²) < 4.78 is 20.0. The predicted octanol–water partition coefficient (Wildman–Crippen LogP) is 3.16. The zero-order valence-corrected chi connectivity index (χ0v) is 16.5. The summed E-state index contributed by atoms with van der Waals surface area (Å²) >= 11 is 0. The summed E-state index contributed by atoms with van der Waals surface area (Å²) in [6.45, 7) is 2.35. The molecular formula is C19H18ClFN6O2. The molecule has 3 rings (SSSR count). The number of aromatic nitrogens is 3. The second-order valence-corrected chi connectivity index (χ2v) is 5.71. The molecule has 1 aromatic carbocycles. The maximum atomic E-state index is 13.7. The van der Waals surface area contributed by atoms with Crippen LogP contribution in [0.25, 0.3) is 11.3 Å². The number of halogens is 2. The molecule has 0 aliphatic heterocycles. The lowest BCUT2D eigenvalue weighted by molar-refractivity contribution is 0.0952. The van der Waals surface area contributed by atoms with E-state index in [4.69, 9.17) is 10.00 Å². The number of pyridine rings is 1. The van der Waals surface area contributed by atoms with Crippen LogP contribution >= 0.6 is 12.4 Å². The zero-order chi connectivity index (χ0) is 20.1. The fourth-order valence-electron chi connectivity index (χ4n) is 2.53. The molecule has 8 nitrogen and oxygen atoms in total. The first-order chi connectivity index (χ1) is 13.5. The van der Waals surface area contributed by atoms with Crippen molar-refractivity contribution >= 4 is 24.0 Å². The van der Waals surface area contributed by atoms with E-state index in [1.807, 2.05) is 6.92 Å². The molecule has 10 heteroatoms. The smallest absolute Gasteiger partial charge is 0.287 e. The number of nitriles is 1. The van der Waals surface area contributed by atoms with Gasteiger partial charge in [0.2, 0.25) is 5.88 Å². The number of anilines is 1. The minimum atomic E-state index is -0.650. The number of amides is 1. The number of methoxy groups -OCH3 is 1. The van der Waals surface area contributed by atoms with Gasteiger partial charge in [-0.05, 0) is 25.1 Å². The van der Waals surface area contributed by atoms with Gasteiger partial charge in [0, 0.05) is 18.2 Å². The van der Waals surface area contributed by atoms with Crippen molar-refractivity contribution in [2.24, 2.45) is 0 Å². The monoisotopic (exact) mass is 416 g/mol. The van der Waals surface area contributed by atoms with Crippen molar-refractivity contribution in [3.8, 4) is 23.2 Å². The normalized spacial score (nSPS) is 9.86. The summed E-state index contributed by atoms with van der Waals surface area (Å²) in [4.78, 5) is 16.3. The van der Waals surface area contributed by atoms with Crippen LogP contribution in [0.3, 0.4) is 0 Å². The van der Waals surface area contributed by atoms with E-state index in [2.05, 4.69) is 27.0 Å². The van der Waals surface area contributed by atoms with Crippen molar-refractivity contribution in [1.82, 2.24) is 20.2 Å². The zero-order valence-electron chi connectivity index (χ0n) is 15.6. The molecule has 0 fully saturated rings. The molecule has 2 N–H and O–H groups in total. The average Bonchev–Trinajstić information content (AvgIpc) is 3.16.